The topological polar surface area (TPSA) is 72.8 Å². The fourth-order valence-electron chi connectivity index (χ4n) is 5.47. The van der Waals surface area contributed by atoms with E-state index in [0.29, 0.717) is 12.5 Å². The first-order valence-electron chi connectivity index (χ1n) is 9.87. The minimum Gasteiger partial charge on any atom is -0.469 e. The van der Waals surface area contributed by atoms with Crippen LogP contribution in [0.3, 0.4) is 0 Å². The van der Waals surface area contributed by atoms with Crippen molar-refractivity contribution in [1.82, 2.24) is 0 Å². The van der Waals surface area contributed by atoms with Crippen LogP contribution in [0.25, 0.3) is 0 Å². The Morgan fingerprint density at radius 2 is 2.12 bits per heavy atom. The number of ether oxygens (including phenoxy) is 2. The van der Waals surface area contributed by atoms with E-state index in [1.807, 2.05) is 0 Å². The Kier molecular flexibility index (Phi) is 5.22. The lowest BCUT2D eigenvalue weighted by atomic mass is 9.51. The molecule has 0 bridgehead atoms. The number of fused-ring (bicyclic) bond motifs is 1. The molecule has 5 heteroatoms. The van der Waals surface area contributed by atoms with Gasteiger partial charge in [0.1, 0.15) is 0 Å². The Morgan fingerprint density at radius 1 is 1.38 bits per heavy atom. The number of esters is 2. The van der Waals surface area contributed by atoms with E-state index >= 15 is 0 Å². The second-order valence-corrected chi connectivity index (χ2v) is 8.93. The number of carbonyl (C=O) groups is 2. The SMILES string of the molecule is COC(=O)[C@@]1(C)CCC=C2[C@@H]1CC[C@@H](C)[C@]2(C)CC[C@H]1COC(=O)[C@H]1O. The zero-order valence-electron chi connectivity index (χ0n) is 16.4. The van der Waals surface area contributed by atoms with Crippen LogP contribution in [-0.4, -0.2) is 36.9 Å². The molecule has 2 aliphatic carbocycles. The standard InChI is InChI=1S/C21H32O5/c1-13-7-8-16-15(6-5-10-21(16,3)19(24)25-4)20(13,2)11-9-14-12-26-18(23)17(14)22/h6,13-14,16-17,22H,5,7-12H2,1-4H3/t13-,14+,16+,17+,20+,21+/m1/s1. The molecule has 1 heterocycles. The molecule has 0 spiro atoms. The molecule has 1 aliphatic heterocycles. The number of aliphatic hydroxyl groups is 1. The van der Waals surface area contributed by atoms with Crippen LogP contribution in [0.1, 0.15) is 59.3 Å². The van der Waals surface area contributed by atoms with Crippen LogP contribution in [0, 0.1) is 28.6 Å². The zero-order chi connectivity index (χ0) is 19.1. The Labute approximate surface area is 156 Å². The van der Waals surface area contributed by atoms with E-state index in [0.717, 1.165) is 38.5 Å². The minimum atomic E-state index is -0.992. The zero-order valence-corrected chi connectivity index (χ0v) is 16.4. The summed E-state index contributed by atoms with van der Waals surface area (Å²) in [6, 6.07) is 0. The van der Waals surface area contributed by atoms with Crippen LogP contribution >= 0.6 is 0 Å². The smallest absolute Gasteiger partial charge is 0.335 e. The van der Waals surface area contributed by atoms with E-state index in [4.69, 9.17) is 9.47 Å². The maximum Gasteiger partial charge on any atom is 0.335 e. The number of hydrogen-bond donors (Lipinski definition) is 1. The first-order chi connectivity index (χ1) is 12.2. The average Bonchev–Trinajstić information content (AvgIpc) is 2.95. The van der Waals surface area contributed by atoms with Gasteiger partial charge >= 0.3 is 11.9 Å². The molecule has 1 saturated carbocycles. The number of rotatable bonds is 4. The molecular formula is C21H32O5. The Bertz CT molecular complexity index is 612. The number of aliphatic hydroxyl groups excluding tert-OH is 1. The molecule has 1 N–H and O–H groups in total. The van der Waals surface area contributed by atoms with E-state index in [9.17, 15) is 14.7 Å². The van der Waals surface area contributed by atoms with Gasteiger partial charge in [0.05, 0.1) is 19.1 Å². The normalized spacial score (nSPS) is 42.7. The molecule has 0 aromatic carbocycles. The van der Waals surface area contributed by atoms with Crippen LogP contribution in [-0.2, 0) is 19.1 Å². The van der Waals surface area contributed by atoms with Gasteiger partial charge in [0.2, 0.25) is 0 Å². The summed E-state index contributed by atoms with van der Waals surface area (Å²) in [4.78, 5) is 24.0. The van der Waals surface area contributed by atoms with Gasteiger partial charge in [0, 0.05) is 5.92 Å². The lowest BCUT2D eigenvalue weighted by Gasteiger charge is -2.53. The van der Waals surface area contributed by atoms with Crippen molar-refractivity contribution >= 4 is 11.9 Å². The molecule has 2 fully saturated rings. The molecular weight excluding hydrogens is 332 g/mol. The van der Waals surface area contributed by atoms with Gasteiger partial charge in [-0.1, -0.05) is 25.5 Å². The van der Waals surface area contributed by atoms with Crippen LogP contribution in [0.5, 0.6) is 0 Å². The highest BCUT2D eigenvalue weighted by molar-refractivity contribution is 5.78. The molecule has 0 aromatic rings. The molecule has 6 atom stereocenters. The van der Waals surface area contributed by atoms with Gasteiger partial charge in [-0.2, -0.15) is 0 Å². The number of hydrogen-bond acceptors (Lipinski definition) is 5. The molecule has 1 saturated heterocycles. The molecule has 146 valence electrons. The van der Waals surface area contributed by atoms with Gasteiger partial charge in [-0.05, 0) is 62.7 Å². The third-order valence-corrected chi connectivity index (χ3v) is 7.62. The molecule has 0 amide bonds. The molecule has 3 aliphatic rings. The predicted octanol–water partition coefficient (Wildman–Crippen LogP) is 3.25. The highest BCUT2D eigenvalue weighted by Crippen LogP contribution is 2.58. The fourth-order valence-corrected chi connectivity index (χ4v) is 5.47. The van der Waals surface area contributed by atoms with Crippen molar-refractivity contribution in [2.24, 2.45) is 28.6 Å². The third-order valence-electron chi connectivity index (χ3n) is 7.62. The van der Waals surface area contributed by atoms with Crippen molar-refractivity contribution < 1.29 is 24.2 Å². The van der Waals surface area contributed by atoms with Crippen molar-refractivity contribution in [3.63, 3.8) is 0 Å². The summed E-state index contributed by atoms with van der Waals surface area (Å²) in [6.07, 6.45) is 6.83. The molecule has 0 unspecified atom stereocenters. The average molecular weight is 364 g/mol. The summed E-state index contributed by atoms with van der Waals surface area (Å²) in [5.74, 6) is -0.000357. The lowest BCUT2D eigenvalue weighted by molar-refractivity contribution is -0.156. The maximum absolute atomic E-state index is 12.5. The Hall–Kier alpha value is -1.36. The first-order valence-corrected chi connectivity index (χ1v) is 9.87. The van der Waals surface area contributed by atoms with Crippen LogP contribution in [0.4, 0.5) is 0 Å². The molecule has 5 nitrogen and oxygen atoms in total. The van der Waals surface area contributed by atoms with Crippen molar-refractivity contribution in [3.8, 4) is 0 Å². The number of methoxy groups -OCH3 is 1. The van der Waals surface area contributed by atoms with E-state index in [2.05, 4.69) is 26.8 Å². The second-order valence-electron chi connectivity index (χ2n) is 8.93. The van der Waals surface area contributed by atoms with E-state index in [-0.39, 0.29) is 23.2 Å². The van der Waals surface area contributed by atoms with E-state index < -0.39 is 17.5 Å². The monoisotopic (exact) mass is 364 g/mol. The fraction of sp³-hybridized carbons (Fsp3) is 0.810. The van der Waals surface area contributed by atoms with Gasteiger partial charge in [0.25, 0.3) is 0 Å². The van der Waals surface area contributed by atoms with Gasteiger partial charge in [-0.15, -0.1) is 0 Å². The summed E-state index contributed by atoms with van der Waals surface area (Å²) in [6.45, 7) is 6.95. The highest BCUT2D eigenvalue weighted by atomic mass is 16.6. The minimum absolute atomic E-state index is 0.0238. The number of carbonyl (C=O) groups excluding carboxylic acids is 2. The van der Waals surface area contributed by atoms with Gasteiger partial charge in [-0.3, -0.25) is 4.79 Å². The summed E-state index contributed by atoms with van der Waals surface area (Å²) in [5, 5.41) is 10.0. The van der Waals surface area contributed by atoms with Crippen molar-refractivity contribution in [2.75, 3.05) is 13.7 Å². The Balaban J connectivity index is 1.82. The van der Waals surface area contributed by atoms with Gasteiger partial charge in [-0.25, -0.2) is 4.79 Å². The molecule has 0 radical (unpaired) electrons. The maximum atomic E-state index is 12.5. The highest BCUT2D eigenvalue weighted by Gasteiger charge is 2.53. The largest absolute Gasteiger partial charge is 0.469 e. The lowest BCUT2D eigenvalue weighted by Crippen LogP contribution is -2.48. The first kappa shape index (κ1) is 19.4. The van der Waals surface area contributed by atoms with E-state index in [1.54, 1.807) is 0 Å². The van der Waals surface area contributed by atoms with Gasteiger partial charge < -0.3 is 14.6 Å². The van der Waals surface area contributed by atoms with Crippen molar-refractivity contribution in [3.05, 3.63) is 11.6 Å². The molecule has 3 rings (SSSR count). The third kappa shape index (κ3) is 2.98. The molecule has 26 heavy (non-hydrogen) atoms. The van der Waals surface area contributed by atoms with Gasteiger partial charge in [0.15, 0.2) is 6.10 Å². The summed E-state index contributed by atoms with van der Waals surface area (Å²) in [7, 11) is 1.48. The quantitative estimate of drug-likeness (QED) is 0.612. The van der Waals surface area contributed by atoms with Crippen LogP contribution in [0.15, 0.2) is 11.6 Å². The number of allylic oxidation sites excluding steroid dienone is 2. The summed E-state index contributed by atoms with van der Waals surface area (Å²) >= 11 is 0. The number of cyclic esters (lactones) is 1. The van der Waals surface area contributed by atoms with Crippen LogP contribution in [0.2, 0.25) is 0 Å². The van der Waals surface area contributed by atoms with Crippen molar-refractivity contribution in [1.29, 1.82) is 0 Å². The Morgan fingerprint density at radius 3 is 2.73 bits per heavy atom. The summed E-state index contributed by atoms with van der Waals surface area (Å²) < 4.78 is 10.1. The summed E-state index contributed by atoms with van der Waals surface area (Å²) in [5.41, 5.74) is 0.908. The molecule has 0 aromatic heterocycles. The second kappa shape index (κ2) is 6.99. The van der Waals surface area contributed by atoms with Crippen molar-refractivity contribution in [2.45, 2.75) is 65.4 Å². The predicted molar refractivity (Wildman–Crippen MR) is 97.1 cm³/mol. The van der Waals surface area contributed by atoms with Crippen LogP contribution < -0.4 is 0 Å². The van der Waals surface area contributed by atoms with E-state index in [1.165, 1.54) is 12.7 Å².